The Morgan fingerprint density at radius 1 is 1.47 bits per heavy atom. The number of hydrogen-bond donors (Lipinski definition) is 2. The molecule has 1 aliphatic heterocycles. The molecule has 3 atom stereocenters. The Balaban J connectivity index is 2.78. The zero-order valence-electron chi connectivity index (χ0n) is 11.2. The van der Waals surface area contributed by atoms with Gasteiger partial charge in [0.25, 0.3) is 0 Å². The standard InChI is InChI=1S/C12H19NO5S/c1-8-4-3-7-13(8,12(16)17)11(15)9(19)5-6-10(14)18-2/h8-9H,3-7H2,1-2H3,(H-,16,17,19)/p+1/t8-,9?,13?/m1/s1. The van der Waals surface area contributed by atoms with E-state index in [4.69, 9.17) is 0 Å². The first kappa shape index (κ1) is 16.0. The van der Waals surface area contributed by atoms with Crippen molar-refractivity contribution in [2.24, 2.45) is 0 Å². The van der Waals surface area contributed by atoms with Gasteiger partial charge < -0.3 is 9.84 Å². The summed E-state index contributed by atoms with van der Waals surface area (Å²) in [5.74, 6) is -0.868. The summed E-state index contributed by atoms with van der Waals surface area (Å²) >= 11 is 4.17. The van der Waals surface area contributed by atoms with Crippen LogP contribution in [0, 0.1) is 0 Å². The van der Waals surface area contributed by atoms with Gasteiger partial charge in [-0.3, -0.25) is 4.79 Å². The third-order valence-electron chi connectivity index (χ3n) is 3.75. The topological polar surface area (TPSA) is 80.7 Å². The number of imide groups is 1. The minimum atomic E-state index is -1.13. The average molecular weight is 290 g/mol. The van der Waals surface area contributed by atoms with Crippen LogP contribution in [0.15, 0.2) is 0 Å². The highest BCUT2D eigenvalue weighted by atomic mass is 32.1. The van der Waals surface area contributed by atoms with E-state index in [1.807, 2.05) is 0 Å². The molecule has 6 nitrogen and oxygen atoms in total. The zero-order chi connectivity index (χ0) is 14.6. The van der Waals surface area contributed by atoms with Crippen molar-refractivity contribution in [2.45, 2.75) is 43.9 Å². The lowest BCUT2D eigenvalue weighted by atomic mass is 10.1. The molecular weight excluding hydrogens is 270 g/mol. The maximum atomic E-state index is 12.4. The van der Waals surface area contributed by atoms with Crippen LogP contribution in [-0.4, -0.2) is 52.5 Å². The minimum absolute atomic E-state index is 0.0599. The number of thiol groups is 1. The summed E-state index contributed by atoms with van der Waals surface area (Å²) < 4.78 is 3.92. The lowest BCUT2D eigenvalue weighted by Crippen LogP contribution is -2.61. The molecule has 1 rings (SSSR count). The lowest BCUT2D eigenvalue weighted by molar-refractivity contribution is -0.792. The van der Waals surface area contributed by atoms with Crippen molar-refractivity contribution in [3.8, 4) is 0 Å². The van der Waals surface area contributed by atoms with Crippen molar-refractivity contribution in [1.82, 2.24) is 0 Å². The maximum absolute atomic E-state index is 12.4. The fourth-order valence-corrected chi connectivity index (χ4v) is 2.86. The van der Waals surface area contributed by atoms with Crippen molar-refractivity contribution in [3.05, 3.63) is 0 Å². The van der Waals surface area contributed by atoms with Gasteiger partial charge in [-0.25, -0.2) is 4.79 Å². The largest absolute Gasteiger partial charge is 0.521 e. The summed E-state index contributed by atoms with van der Waals surface area (Å²) in [5.41, 5.74) is 0. The normalized spacial score (nSPS) is 27.8. The van der Waals surface area contributed by atoms with Gasteiger partial charge in [0, 0.05) is 19.3 Å². The number of quaternary nitrogens is 1. The Labute approximate surface area is 117 Å². The van der Waals surface area contributed by atoms with E-state index in [0.717, 1.165) is 0 Å². The van der Waals surface area contributed by atoms with Gasteiger partial charge in [-0.1, -0.05) is 0 Å². The third-order valence-corrected chi connectivity index (χ3v) is 4.23. The van der Waals surface area contributed by atoms with Crippen LogP contribution in [0.5, 0.6) is 0 Å². The first-order valence-corrected chi connectivity index (χ1v) is 6.78. The van der Waals surface area contributed by atoms with E-state index in [-0.39, 0.29) is 18.9 Å². The summed E-state index contributed by atoms with van der Waals surface area (Å²) in [6.45, 7) is 2.06. The van der Waals surface area contributed by atoms with Crippen LogP contribution >= 0.6 is 12.6 Å². The molecule has 1 saturated heterocycles. The van der Waals surface area contributed by atoms with Crippen molar-refractivity contribution in [1.29, 1.82) is 0 Å². The number of carbonyl (C=O) groups is 3. The summed E-state index contributed by atoms with van der Waals surface area (Å²) in [4.78, 5) is 34.9. The molecule has 1 fully saturated rings. The van der Waals surface area contributed by atoms with Crippen molar-refractivity contribution >= 4 is 30.6 Å². The average Bonchev–Trinajstić information content (AvgIpc) is 2.77. The summed E-state index contributed by atoms with van der Waals surface area (Å²) in [6, 6.07) is -0.252. The van der Waals surface area contributed by atoms with Gasteiger partial charge in [-0.05, 0) is 13.3 Å². The molecule has 7 heteroatoms. The molecule has 2 unspecified atom stereocenters. The predicted molar refractivity (Wildman–Crippen MR) is 70.9 cm³/mol. The lowest BCUT2D eigenvalue weighted by Gasteiger charge is -2.31. The summed E-state index contributed by atoms with van der Waals surface area (Å²) in [5, 5.41) is 8.64. The summed E-state index contributed by atoms with van der Waals surface area (Å²) in [7, 11) is 1.27. The highest BCUT2D eigenvalue weighted by molar-refractivity contribution is 7.81. The Morgan fingerprint density at radius 3 is 2.53 bits per heavy atom. The number of ether oxygens (including phenoxy) is 1. The molecule has 19 heavy (non-hydrogen) atoms. The second-order valence-corrected chi connectivity index (χ2v) is 5.46. The predicted octanol–water partition coefficient (Wildman–Crippen LogP) is 1.44. The summed E-state index contributed by atoms with van der Waals surface area (Å²) in [6.07, 6.45) is 0.526. The number of nitrogens with zero attached hydrogens (tertiary/aromatic N) is 1. The van der Waals surface area contributed by atoms with E-state index >= 15 is 0 Å². The number of carbonyl (C=O) groups excluding carboxylic acids is 2. The zero-order valence-corrected chi connectivity index (χ0v) is 12.1. The van der Waals surface area contributed by atoms with Crippen LogP contribution in [0.2, 0.25) is 0 Å². The van der Waals surface area contributed by atoms with E-state index in [2.05, 4.69) is 17.4 Å². The van der Waals surface area contributed by atoms with E-state index < -0.39 is 27.7 Å². The fraction of sp³-hybridized carbons (Fsp3) is 0.750. The number of likely N-dealkylation sites (tertiary alicyclic amines) is 1. The van der Waals surface area contributed by atoms with Crippen LogP contribution in [-0.2, 0) is 14.3 Å². The molecule has 1 aliphatic rings. The van der Waals surface area contributed by atoms with E-state index in [1.54, 1.807) is 6.92 Å². The monoisotopic (exact) mass is 290 g/mol. The molecule has 0 bridgehead atoms. The molecule has 0 aromatic rings. The Kier molecular flexibility index (Phi) is 5.37. The van der Waals surface area contributed by atoms with Crippen LogP contribution in [0.4, 0.5) is 4.79 Å². The van der Waals surface area contributed by atoms with Crippen LogP contribution in [0.25, 0.3) is 0 Å². The molecular formula is C12H20NO5S+. The van der Waals surface area contributed by atoms with E-state index in [9.17, 15) is 19.5 Å². The quantitative estimate of drug-likeness (QED) is 0.465. The second kappa shape index (κ2) is 6.38. The number of hydrogen-bond acceptors (Lipinski definition) is 5. The molecule has 2 amide bonds. The number of carboxylic acid groups (broad SMARTS) is 1. The highest BCUT2D eigenvalue weighted by Crippen LogP contribution is 2.30. The van der Waals surface area contributed by atoms with Gasteiger partial charge >= 0.3 is 18.0 Å². The Morgan fingerprint density at radius 2 is 2.11 bits per heavy atom. The van der Waals surface area contributed by atoms with Crippen molar-refractivity contribution in [3.63, 3.8) is 0 Å². The van der Waals surface area contributed by atoms with Crippen LogP contribution in [0.3, 0.4) is 0 Å². The number of amides is 2. The van der Waals surface area contributed by atoms with Gasteiger partial charge in [0.15, 0.2) is 0 Å². The van der Waals surface area contributed by atoms with Crippen LogP contribution in [0.1, 0.15) is 32.6 Å². The fourth-order valence-electron chi connectivity index (χ4n) is 2.53. The molecule has 0 radical (unpaired) electrons. The SMILES string of the molecule is COC(=O)CCC(S)C(=O)[N+]1(C(=O)O)CCC[C@H]1C. The maximum Gasteiger partial charge on any atom is 0.521 e. The first-order valence-electron chi connectivity index (χ1n) is 6.26. The second-order valence-electron chi connectivity index (χ2n) is 4.84. The van der Waals surface area contributed by atoms with Crippen LogP contribution < -0.4 is 0 Å². The van der Waals surface area contributed by atoms with Gasteiger partial charge in [-0.2, -0.15) is 21.9 Å². The minimum Gasteiger partial charge on any atom is -0.469 e. The number of esters is 1. The molecule has 0 aromatic heterocycles. The van der Waals surface area contributed by atoms with E-state index in [0.29, 0.717) is 19.4 Å². The molecule has 0 saturated carbocycles. The van der Waals surface area contributed by atoms with Crippen molar-refractivity contribution < 1.29 is 28.7 Å². The van der Waals surface area contributed by atoms with Gasteiger partial charge in [0.2, 0.25) is 0 Å². The van der Waals surface area contributed by atoms with E-state index in [1.165, 1.54) is 7.11 Å². The molecule has 1 heterocycles. The number of methoxy groups -OCH3 is 1. The Hall–Kier alpha value is -1.08. The molecule has 108 valence electrons. The van der Waals surface area contributed by atoms with Crippen molar-refractivity contribution in [2.75, 3.05) is 13.7 Å². The van der Waals surface area contributed by atoms with Gasteiger partial charge in [0.1, 0.15) is 11.3 Å². The molecule has 0 aliphatic carbocycles. The number of rotatable bonds is 4. The first-order chi connectivity index (χ1) is 8.86. The highest BCUT2D eigenvalue weighted by Gasteiger charge is 2.54. The smallest absolute Gasteiger partial charge is 0.469 e. The molecule has 0 aromatic carbocycles. The van der Waals surface area contributed by atoms with Gasteiger partial charge in [-0.15, -0.1) is 0 Å². The Bertz CT molecular complexity index is 386. The molecule has 0 spiro atoms. The third kappa shape index (κ3) is 3.09. The molecule has 1 N–H and O–H groups in total. The van der Waals surface area contributed by atoms with Gasteiger partial charge in [0.05, 0.1) is 13.7 Å².